The summed E-state index contributed by atoms with van der Waals surface area (Å²) >= 11 is 1.45. The molecule has 0 fully saturated rings. The Morgan fingerprint density at radius 2 is 1.69 bits per heavy atom. The Kier molecular flexibility index (Phi) is 4.88. The highest BCUT2D eigenvalue weighted by molar-refractivity contribution is 7.19. The summed E-state index contributed by atoms with van der Waals surface area (Å²) in [7, 11) is 0. The molecule has 2 heterocycles. The molecule has 2 aromatic heterocycles. The maximum atomic E-state index is 13.0. The molecule has 5 nitrogen and oxygen atoms in total. The van der Waals surface area contributed by atoms with Crippen molar-refractivity contribution in [2.45, 2.75) is 34.2 Å². The summed E-state index contributed by atoms with van der Waals surface area (Å²) < 4.78 is 2.01. The molecule has 6 heteroatoms. The number of nitrogens with zero attached hydrogens (tertiary/aromatic N) is 3. The highest BCUT2D eigenvalue weighted by Crippen LogP contribution is 2.31. The number of fused-ring (bicyclic) bond motifs is 1. The van der Waals surface area contributed by atoms with Crippen LogP contribution in [0.4, 0.5) is 0 Å². The molecule has 0 radical (unpaired) electrons. The molecule has 4 aromatic rings. The van der Waals surface area contributed by atoms with Crippen molar-refractivity contribution in [2.75, 3.05) is 0 Å². The summed E-state index contributed by atoms with van der Waals surface area (Å²) in [6.07, 6.45) is 0. The minimum absolute atomic E-state index is 0.119. The van der Waals surface area contributed by atoms with Gasteiger partial charge in [0, 0.05) is 11.1 Å². The first-order valence-electron chi connectivity index (χ1n) is 9.39. The molecule has 0 atom stereocenters. The van der Waals surface area contributed by atoms with Crippen LogP contribution in [0.25, 0.3) is 21.5 Å². The van der Waals surface area contributed by atoms with E-state index >= 15 is 0 Å². The topological polar surface area (TPSA) is 64.8 Å². The summed E-state index contributed by atoms with van der Waals surface area (Å²) in [6, 6.07) is 13.5. The number of carbonyl (C=O) groups is 1. The van der Waals surface area contributed by atoms with Gasteiger partial charge in [-0.1, -0.05) is 53.6 Å². The van der Waals surface area contributed by atoms with Crippen LogP contribution in [0.1, 0.15) is 32.1 Å². The summed E-state index contributed by atoms with van der Waals surface area (Å²) in [5.41, 5.74) is 5.54. The summed E-state index contributed by atoms with van der Waals surface area (Å²) in [6.45, 7) is 7.79. The predicted octanol–water partition coefficient (Wildman–Crippen LogP) is 4.64. The first-order chi connectivity index (χ1) is 13.8. The number of hydrogen-bond donors (Lipinski definition) is 0. The molecule has 0 saturated carbocycles. The van der Waals surface area contributed by atoms with Gasteiger partial charge in [-0.2, -0.15) is 5.10 Å². The molecule has 0 amide bonds. The van der Waals surface area contributed by atoms with Crippen molar-refractivity contribution >= 4 is 27.3 Å². The second-order valence-corrected chi connectivity index (χ2v) is 8.53. The molecular weight excluding hydrogens is 382 g/mol. The third-order valence-electron chi connectivity index (χ3n) is 4.91. The number of ketones is 1. The van der Waals surface area contributed by atoms with Crippen LogP contribution in [0.5, 0.6) is 0 Å². The van der Waals surface area contributed by atoms with Crippen LogP contribution in [0, 0.1) is 27.7 Å². The second-order valence-electron chi connectivity index (χ2n) is 7.33. The number of Topliss-reactive ketones (excluding diaryl/α,β-unsaturated/α-hetero) is 1. The van der Waals surface area contributed by atoms with Crippen molar-refractivity contribution in [3.8, 4) is 11.3 Å². The van der Waals surface area contributed by atoms with Crippen molar-refractivity contribution in [1.82, 2.24) is 14.8 Å². The van der Waals surface area contributed by atoms with Gasteiger partial charge in [0.05, 0.1) is 9.71 Å². The van der Waals surface area contributed by atoms with Gasteiger partial charge in [-0.05, 0) is 33.3 Å². The largest absolute Gasteiger partial charge is 0.294 e. The predicted molar refractivity (Wildman–Crippen MR) is 117 cm³/mol. The van der Waals surface area contributed by atoms with Gasteiger partial charge in [0.15, 0.2) is 11.3 Å². The zero-order valence-electron chi connectivity index (χ0n) is 16.8. The molecule has 146 valence electrons. The monoisotopic (exact) mass is 403 g/mol. The molecule has 2 aromatic carbocycles. The average Bonchev–Trinajstić information content (AvgIpc) is 3.07. The number of aryl methyl sites for hydroxylation is 4. The van der Waals surface area contributed by atoms with Crippen molar-refractivity contribution in [3.63, 3.8) is 0 Å². The standard InChI is InChI=1S/C23H21N3O2S/c1-13-5-8-17(9-6-13)19(27)12-26-23(28)21-22(29-16(4)24-21)20(25-26)18-10-7-14(2)11-15(18)3/h5-11H,12H2,1-4H3. The zero-order valence-corrected chi connectivity index (χ0v) is 17.6. The average molecular weight is 404 g/mol. The first kappa shape index (κ1) is 19.2. The fraction of sp³-hybridized carbons (Fsp3) is 0.217. The third kappa shape index (κ3) is 3.63. The molecule has 0 bridgehead atoms. The van der Waals surface area contributed by atoms with Crippen molar-refractivity contribution in [1.29, 1.82) is 0 Å². The quantitative estimate of drug-likeness (QED) is 0.466. The van der Waals surface area contributed by atoms with Gasteiger partial charge >= 0.3 is 0 Å². The minimum Gasteiger partial charge on any atom is -0.292 e. The van der Waals surface area contributed by atoms with Crippen molar-refractivity contribution in [3.05, 3.63) is 80.1 Å². The van der Waals surface area contributed by atoms with E-state index in [1.165, 1.54) is 16.0 Å². The maximum absolute atomic E-state index is 13.0. The van der Waals surface area contributed by atoms with Crippen LogP contribution < -0.4 is 5.56 Å². The molecule has 4 rings (SSSR count). The second kappa shape index (κ2) is 7.37. The number of aromatic nitrogens is 3. The van der Waals surface area contributed by atoms with Gasteiger partial charge in [-0.25, -0.2) is 9.67 Å². The van der Waals surface area contributed by atoms with Crippen LogP contribution in [0.3, 0.4) is 0 Å². The van der Waals surface area contributed by atoms with Crippen LogP contribution in [0.2, 0.25) is 0 Å². The Labute approximate surface area is 172 Å². The van der Waals surface area contributed by atoms with Crippen LogP contribution >= 0.6 is 11.3 Å². The fourth-order valence-corrected chi connectivity index (χ4v) is 4.31. The fourth-order valence-electron chi connectivity index (χ4n) is 3.40. The van der Waals surface area contributed by atoms with E-state index in [1.807, 2.05) is 52.0 Å². The molecule has 0 aliphatic heterocycles. The third-order valence-corrected chi connectivity index (χ3v) is 5.89. The first-order valence-corrected chi connectivity index (χ1v) is 10.2. The SMILES string of the molecule is Cc1ccc(C(=O)Cn2nc(-c3ccc(C)cc3C)c3sc(C)nc3c2=O)cc1. The van der Waals surface area contributed by atoms with Crippen LogP contribution in [-0.2, 0) is 6.54 Å². The highest BCUT2D eigenvalue weighted by atomic mass is 32.1. The van der Waals surface area contributed by atoms with Gasteiger partial charge < -0.3 is 0 Å². The van der Waals surface area contributed by atoms with E-state index < -0.39 is 0 Å². The minimum atomic E-state index is -0.335. The lowest BCUT2D eigenvalue weighted by Crippen LogP contribution is -2.27. The molecule has 0 unspecified atom stereocenters. The number of benzene rings is 2. The summed E-state index contributed by atoms with van der Waals surface area (Å²) in [5, 5.41) is 5.41. The summed E-state index contributed by atoms with van der Waals surface area (Å²) in [5.74, 6) is -0.155. The Morgan fingerprint density at radius 1 is 1.00 bits per heavy atom. The summed E-state index contributed by atoms with van der Waals surface area (Å²) in [4.78, 5) is 30.2. The Bertz CT molecular complexity index is 1300. The van der Waals surface area contributed by atoms with E-state index in [1.54, 1.807) is 12.1 Å². The van der Waals surface area contributed by atoms with E-state index in [0.717, 1.165) is 32.0 Å². The van der Waals surface area contributed by atoms with E-state index in [-0.39, 0.29) is 17.9 Å². The molecule has 0 aliphatic rings. The smallest absolute Gasteiger partial charge is 0.292 e. The molecule has 0 N–H and O–H groups in total. The van der Waals surface area contributed by atoms with Crippen molar-refractivity contribution in [2.24, 2.45) is 0 Å². The van der Waals surface area contributed by atoms with Crippen molar-refractivity contribution < 1.29 is 4.79 Å². The van der Waals surface area contributed by atoms with Gasteiger partial charge in [0.2, 0.25) is 0 Å². The molecule has 0 saturated heterocycles. The maximum Gasteiger partial charge on any atom is 0.294 e. The normalized spacial score (nSPS) is 11.2. The Balaban J connectivity index is 1.86. The van der Waals surface area contributed by atoms with Gasteiger partial charge in [-0.15, -0.1) is 11.3 Å². The lowest BCUT2D eigenvalue weighted by Gasteiger charge is -2.11. The van der Waals surface area contributed by atoms with Gasteiger partial charge in [0.1, 0.15) is 12.2 Å². The van der Waals surface area contributed by atoms with Crippen LogP contribution in [0.15, 0.2) is 47.3 Å². The number of carbonyl (C=O) groups excluding carboxylic acids is 1. The van der Waals surface area contributed by atoms with E-state index in [0.29, 0.717) is 16.8 Å². The number of hydrogen-bond acceptors (Lipinski definition) is 5. The molecule has 0 spiro atoms. The van der Waals surface area contributed by atoms with E-state index in [4.69, 9.17) is 0 Å². The Hall–Kier alpha value is -3.12. The molecular formula is C23H21N3O2S. The van der Waals surface area contributed by atoms with Gasteiger partial charge in [0.25, 0.3) is 5.56 Å². The Morgan fingerprint density at radius 3 is 2.38 bits per heavy atom. The lowest BCUT2D eigenvalue weighted by molar-refractivity contribution is 0.0966. The zero-order chi connectivity index (χ0) is 20.7. The molecule has 0 aliphatic carbocycles. The highest BCUT2D eigenvalue weighted by Gasteiger charge is 2.19. The van der Waals surface area contributed by atoms with Gasteiger partial charge in [-0.3, -0.25) is 9.59 Å². The number of thiazole rings is 1. The lowest BCUT2D eigenvalue weighted by atomic mass is 10.0. The molecule has 29 heavy (non-hydrogen) atoms. The van der Waals surface area contributed by atoms with E-state index in [9.17, 15) is 9.59 Å². The van der Waals surface area contributed by atoms with E-state index in [2.05, 4.69) is 16.1 Å². The van der Waals surface area contributed by atoms with Crippen LogP contribution in [-0.4, -0.2) is 20.5 Å². The number of rotatable bonds is 4.